The fourth-order valence-corrected chi connectivity index (χ4v) is 4.95. The molecule has 1 N–H and O–H groups in total. The standard InChI is InChI=1S/C24H22F3N3O2S/c1-24(23(31)28-11-12-32-2)21(20-4-3-13-33-20)22(15-5-7-16(25)8-6-15)29-30(24)19-10-9-17(26)14-18(19)27/h3-10,13-14,21H,11-12H2,1-2H3,(H,28,31). The molecule has 4 rings (SSSR count). The zero-order chi connectivity index (χ0) is 23.6. The fraction of sp³-hybridized carbons (Fsp3) is 0.250. The van der Waals surface area contributed by atoms with Gasteiger partial charge in [-0.1, -0.05) is 18.2 Å². The number of hydrogen-bond donors (Lipinski definition) is 1. The van der Waals surface area contributed by atoms with Crippen molar-refractivity contribution in [1.29, 1.82) is 0 Å². The first kappa shape index (κ1) is 23.0. The number of methoxy groups -OCH3 is 1. The lowest BCUT2D eigenvalue weighted by Gasteiger charge is -2.37. The third kappa shape index (κ3) is 4.26. The van der Waals surface area contributed by atoms with E-state index in [1.807, 2.05) is 17.5 Å². The summed E-state index contributed by atoms with van der Waals surface area (Å²) in [6.45, 7) is 2.21. The number of rotatable bonds is 7. The number of hydrogen-bond acceptors (Lipinski definition) is 5. The molecule has 172 valence electrons. The second-order valence-electron chi connectivity index (χ2n) is 7.74. The van der Waals surface area contributed by atoms with Crippen LogP contribution >= 0.6 is 11.3 Å². The lowest BCUT2D eigenvalue weighted by molar-refractivity contribution is -0.126. The third-order valence-corrected chi connectivity index (χ3v) is 6.58. The average molecular weight is 474 g/mol. The molecular weight excluding hydrogens is 451 g/mol. The van der Waals surface area contributed by atoms with Gasteiger partial charge in [-0.15, -0.1) is 11.3 Å². The first-order chi connectivity index (χ1) is 15.9. The summed E-state index contributed by atoms with van der Waals surface area (Å²) in [4.78, 5) is 14.4. The number of carbonyl (C=O) groups excluding carboxylic acids is 1. The highest BCUT2D eigenvalue weighted by atomic mass is 32.1. The van der Waals surface area contributed by atoms with Crippen molar-refractivity contribution in [2.45, 2.75) is 18.4 Å². The van der Waals surface area contributed by atoms with E-state index < -0.39 is 34.8 Å². The molecule has 0 spiro atoms. The van der Waals surface area contributed by atoms with Crippen molar-refractivity contribution in [3.63, 3.8) is 0 Å². The van der Waals surface area contributed by atoms with E-state index in [0.717, 1.165) is 17.0 Å². The quantitative estimate of drug-likeness (QED) is 0.507. The van der Waals surface area contributed by atoms with Crippen LogP contribution in [0.25, 0.3) is 0 Å². The molecule has 2 unspecified atom stereocenters. The van der Waals surface area contributed by atoms with Gasteiger partial charge in [-0.05, 0) is 48.2 Å². The van der Waals surface area contributed by atoms with Crippen molar-refractivity contribution in [3.05, 3.63) is 87.9 Å². The number of hydrazone groups is 1. The Bertz CT molecular complexity index is 1170. The molecular formula is C24H22F3N3O2S. The van der Waals surface area contributed by atoms with E-state index in [0.29, 0.717) is 17.9 Å². The van der Waals surface area contributed by atoms with Crippen molar-refractivity contribution in [2.24, 2.45) is 5.10 Å². The van der Waals surface area contributed by atoms with Crippen LogP contribution in [0.1, 0.15) is 23.3 Å². The number of nitrogens with zero attached hydrogens (tertiary/aromatic N) is 2. The molecule has 2 atom stereocenters. The van der Waals surface area contributed by atoms with E-state index >= 15 is 0 Å². The van der Waals surface area contributed by atoms with Gasteiger partial charge in [0.2, 0.25) is 5.91 Å². The molecule has 1 aliphatic rings. The van der Waals surface area contributed by atoms with Gasteiger partial charge in [0, 0.05) is 24.6 Å². The van der Waals surface area contributed by atoms with Gasteiger partial charge in [-0.3, -0.25) is 4.79 Å². The zero-order valence-corrected chi connectivity index (χ0v) is 18.8. The number of ether oxygens (including phenoxy) is 1. The highest BCUT2D eigenvalue weighted by Crippen LogP contribution is 2.46. The van der Waals surface area contributed by atoms with Crippen LogP contribution in [0.2, 0.25) is 0 Å². The normalized spacial score (nSPS) is 20.1. The van der Waals surface area contributed by atoms with Gasteiger partial charge < -0.3 is 10.1 Å². The number of halogens is 3. The Morgan fingerprint density at radius 2 is 1.88 bits per heavy atom. The minimum Gasteiger partial charge on any atom is -0.383 e. The van der Waals surface area contributed by atoms with Crippen LogP contribution in [0.3, 0.4) is 0 Å². The van der Waals surface area contributed by atoms with Crippen molar-refractivity contribution in [1.82, 2.24) is 5.32 Å². The van der Waals surface area contributed by atoms with Crippen LogP contribution in [0.5, 0.6) is 0 Å². The summed E-state index contributed by atoms with van der Waals surface area (Å²) < 4.78 is 47.2. The second kappa shape index (κ2) is 9.36. The van der Waals surface area contributed by atoms with Gasteiger partial charge in [-0.25, -0.2) is 18.2 Å². The number of anilines is 1. The SMILES string of the molecule is COCCNC(=O)C1(C)C(c2cccs2)C(c2ccc(F)cc2)=NN1c1ccc(F)cc1F. The van der Waals surface area contributed by atoms with Crippen molar-refractivity contribution in [3.8, 4) is 0 Å². The Hall–Kier alpha value is -3.17. The number of amides is 1. The molecule has 33 heavy (non-hydrogen) atoms. The average Bonchev–Trinajstić information content (AvgIpc) is 3.41. The van der Waals surface area contributed by atoms with Crippen LogP contribution < -0.4 is 10.3 Å². The Kier molecular flexibility index (Phi) is 6.53. The predicted molar refractivity (Wildman–Crippen MR) is 122 cm³/mol. The van der Waals surface area contributed by atoms with Gasteiger partial charge >= 0.3 is 0 Å². The first-order valence-corrected chi connectivity index (χ1v) is 11.1. The number of carbonyl (C=O) groups is 1. The summed E-state index contributed by atoms with van der Waals surface area (Å²) in [5.41, 5.74) is -0.373. The molecule has 5 nitrogen and oxygen atoms in total. The molecule has 0 saturated carbocycles. The molecule has 2 aromatic carbocycles. The molecule has 0 bridgehead atoms. The molecule has 0 radical (unpaired) electrons. The Morgan fingerprint density at radius 3 is 2.52 bits per heavy atom. The maximum atomic E-state index is 14.9. The van der Waals surface area contributed by atoms with Crippen molar-refractivity contribution >= 4 is 28.6 Å². The van der Waals surface area contributed by atoms with Crippen LogP contribution in [0, 0.1) is 17.5 Å². The monoisotopic (exact) mass is 473 g/mol. The number of nitrogens with one attached hydrogen (secondary N) is 1. The van der Waals surface area contributed by atoms with Crippen LogP contribution in [0.15, 0.2) is 65.1 Å². The van der Waals surface area contributed by atoms with Crippen molar-refractivity contribution < 1.29 is 22.7 Å². The molecule has 1 aromatic heterocycles. The third-order valence-electron chi connectivity index (χ3n) is 5.64. The highest BCUT2D eigenvalue weighted by Gasteiger charge is 2.55. The van der Waals surface area contributed by atoms with Gasteiger partial charge in [0.1, 0.15) is 11.6 Å². The van der Waals surface area contributed by atoms with Gasteiger partial charge in [-0.2, -0.15) is 5.10 Å². The summed E-state index contributed by atoms with van der Waals surface area (Å²) in [5.74, 6) is -3.00. The maximum absolute atomic E-state index is 14.9. The topological polar surface area (TPSA) is 53.9 Å². The van der Waals surface area contributed by atoms with Gasteiger partial charge in [0.15, 0.2) is 11.4 Å². The zero-order valence-electron chi connectivity index (χ0n) is 18.0. The number of benzene rings is 2. The number of thiophene rings is 1. The van der Waals surface area contributed by atoms with E-state index in [1.165, 1.54) is 41.7 Å². The lowest BCUT2D eigenvalue weighted by Crippen LogP contribution is -2.57. The summed E-state index contributed by atoms with van der Waals surface area (Å²) in [5, 5.41) is 10.7. The summed E-state index contributed by atoms with van der Waals surface area (Å²) in [7, 11) is 1.52. The molecule has 3 aromatic rings. The molecule has 1 amide bonds. The first-order valence-electron chi connectivity index (χ1n) is 10.3. The van der Waals surface area contributed by atoms with E-state index in [9.17, 15) is 18.0 Å². The molecule has 0 fully saturated rings. The van der Waals surface area contributed by atoms with Crippen LogP contribution in [-0.4, -0.2) is 37.4 Å². The molecule has 1 aliphatic heterocycles. The maximum Gasteiger partial charge on any atom is 0.248 e. The smallest absolute Gasteiger partial charge is 0.248 e. The highest BCUT2D eigenvalue weighted by molar-refractivity contribution is 7.10. The second-order valence-corrected chi connectivity index (χ2v) is 8.72. The van der Waals surface area contributed by atoms with Crippen molar-refractivity contribution in [2.75, 3.05) is 25.3 Å². The minimum atomic E-state index is -1.40. The van der Waals surface area contributed by atoms with Crippen LogP contribution in [-0.2, 0) is 9.53 Å². The van der Waals surface area contributed by atoms with E-state index in [-0.39, 0.29) is 12.2 Å². The Morgan fingerprint density at radius 1 is 1.15 bits per heavy atom. The van der Waals surface area contributed by atoms with Gasteiger partial charge in [0.05, 0.1) is 23.9 Å². The van der Waals surface area contributed by atoms with E-state index in [1.54, 1.807) is 19.1 Å². The molecule has 0 saturated heterocycles. The predicted octanol–water partition coefficient (Wildman–Crippen LogP) is 4.69. The van der Waals surface area contributed by atoms with E-state index in [4.69, 9.17) is 4.74 Å². The van der Waals surface area contributed by atoms with Crippen LogP contribution in [0.4, 0.5) is 18.9 Å². The largest absolute Gasteiger partial charge is 0.383 e. The minimum absolute atomic E-state index is 0.0422. The summed E-state index contributed by atoms with van der Waals surface area (Å²) in [6, 6.07) is 12.6. The lowest BCUT2D eigenvalue weighted by atomic mass is 9.78. The summed E-state index contributed by atoms with van der Waals surface area (Å²) >= 11 is 1.43. The van der Waals surface area contributed by atoms with Gasteiger partial charge in [0.25, 0.3) is 0 Å². The Labute approximate surface area is 193 Å². The molecule has 9 heteroatoms. The van der Waals surface area contributed by atoms with E-state index in [2.05, 4.69) is 10.4 Å². The Balaban J connectivity index is 1.90. The molecule has 0 aliphatic carbocycles. The fourth-order valence-electron chi connectivity index (χ4n) is 4.00. The summed E-state index contributed by atoms with van der Waals surface area (Å²) in [6.07, 6.45) is 0. The molecule has 2 heterocycles.